The van der Waals surface area contributed by atoms with Crippen molar-refractivity contribution in [2.45, 2.75) is 19.5 Å². The van der Waals surface area contributed by atoms with Crippen LogP contribution in [0.25, 0.3) is 5.82 Å². The van der Waals surface area contributed by atoms with Crippen molar-refractivity contribution in [1.82, 2.24) is 25.1 Å². The molecule has 30 heavy (non-hydrogen) atoms. The van der Waals surface area contributed by atoms with Crippen molar-refractivity contribution < 1.29 is 18.0 Å². The summed E-state index contributed by atoms with van der Waals surface area (Å²) >= 11 is 0. The summed E-state index contributed by atoms with van der Waals surface area (Å²) in [5.74, 6) is 0.0702. The van der Waals surface area contributed by atoms with Crippen LogP contribution >= 0.6 is 0 Å². The van der Waals surface area contributed by atoms with Gasteiger partial charge in [0.1, 0.15) is 5.84 Å². The van der Waals surface area contributed by atoms with Gasteiger partial charge in [-0.25, -0.2) is 9.67 Å². The van der Waals surface area contributed by atoms with Crippen LogP contribution in [-0.2, 0) is 6.18 Å². The monoisotopic (exact) mass is 413 g/mol. The van der Waals surface area contributed by atoms with Crippen molar-refractivity contribution in [2.24, 2.45) is 10.2 Å². The molecule has 0 fully saturated rings. The molecule has 0 saturated heterocycles. The predicted molar refractivity (Wildman–Crippen MR) is 101 cm³/mol. The number of aromatic nitrogens is 4. The Kier molecular flexibility index (Phi) is 4.86. The summed E-state index contributed by atoms with van der Waals surface area (Å²) in [4.78, 5) is 20.6. The third kappa shape index (κ3) is 3.81. The molecule has 1 aliphatic heterocycles. The lowest BCUT2D eigenvalue weighted by Gasteiger charge is -2.08. The van der Waals surface area contributed by atoms with Crippen LogP contribution in [0.1, 0.15) is 33.7 Å². The summed E-state index contributed by atoms with van der Waals surface area (Å²) < 4.78 is 39.4. The Labute approximate surface area is 168 Å². The van der Waals surface area contributed by atoms with Crippen LogP contribution in [-0.4, -0.2) is 37.2 Å². The highest BCUT2D eigenvalue weighted by atomic mass is 19.4. The zero-order valence-corrected chi connectivity index (χ0v) is 15.6. The number of halogens is 3. The maximum atomic E-state index is 12.7. The van der Waals surface area contributed by atoms with E-state index in [1.165, 1.54) is 16.9 Å². The van der Waals surface area contributed by atoms with Gasteiger partial charge in [0, 0.05) is 12.4 Å². The minimum Gasteiger partial charge on any atom is -0.308 e. The fourth-order valence-corrected chi connectivity index (χ4v) is 2.84. The van der Waals surface area contributed by atoms with Gasteiger partial charge in [0.25, 0.3) is 5.91 Å². The van der Waals surface area contributed by atoms with Crippen LogP contribution < -0.4 is 5.32 Å². The normalized spacial score (nSPS) is 13.7. The van der Waals surface area contributed by atoms with Crippen LogP contribution in [0.5, 0.6) is 0 Å². The third-order valence-electron chi connectivity index (χ3n) is 4.39. The van der Waals surface area contributed by atoms with Gasteiger partial charge < -0.3 is 5.32 Å². The molecule has 3 aromatic heterocycles. The molecule has 11 heteroatoms. The first-order valence-electron chi connectivity index (χ1n) is 8.77. The summed E-state index contributed by atoms with van der Waals surface area (Å²) in [5, 5.41) is 14.8. The fraction of sp³-hybridized carbons (Fsp3) is 0.158. The highest BCUT2D eigenvalue weighted by Gasteiger charge is 2.31. The van der Waals surface area contributed by atoms with Gasteiger partial charge in [-0.3, -0.25) is 9.78 Å². The van der Waals surface area contributed by atoms with E-state index in [0.29, 0.717) is 29.4 Å². The van der Waals surface area contributed by atoms with E-state index in [-0.39, 0.29) is 11.4 Å². The standard InChI is InChI=1S/C19H14F3N7O/c1-11-13(10-25-29(11)17-6-5-12(9-24-17)19(20,21)22)18(30)26-16-8-15(27-28-16)14-4-2-3-7-23-14/h2-7,9-10H,8H2,1H3,(H,26,28,30). The fourth-order valence-electron chi connectivity index (χ4n) is 2.84. The van der Waals surface area contributed by atoms with Crippen molar-refractivity contribution in [2.75, 3.05) is 0 Å². The van der Waals surface area contributed by atoms with Crippen LogP contribution in [0, 0.1) is 6.92 Å². The second kappa shape index (κ2) is 7.50. The van der Waals surface area contributed by atoms with Gasteiger partial charge in [-0.2, -0.15) is 23.4 Å². The molecular weight excluding hydrogens is 399 g/mol. The lowest BCUT2D eigenvalue weighted by atomic mass is 10.1. The van der Waals surface area contributed by atoms with Crippen molar-refractivity contribution in [1.29, 1.82) is 0 Å². The largest absolute Gasteiger partial charge is 0.417 e. The molecule has 1 aliphatic rings. The molecule has 0 spiro atoms. The average molecular weight is 413 g/mol. The van der Waals surface area contributed by atoms with Crippen molar-refractivity contribution >= 4 is 17.5 Å². The molecule has 3 aromatic rings. The number of pyridine rings is 2. The number of alkyl halides is 3. The minimum atomic E-state index is -4.48. The summed E-state index contributed by atoms with van der Waals surface area (Å²) in [6, 6.07) is 7.51. The lowest BCUT2D eigenvalue weighted by Crippen LogP contribution is -2.30. The molecule has 1 amide bonds. The predicted octanol–water partition coefficient (Wildman–Crippen LogP) is 2.93. The van der Waals surface area contributed by atoms with Gasteiger partial charge in [-0.1, -0.05) is 6.07 Å². The lowest BCUT2D eigenvalue weighted by molar-refractivity contribution is -0.137. The van der Waals surface area contributed by atoms with E-state index in [0.717, 1.165) is 12.3 Å². The number of hydrogen-bond donors (Lipinski definition) is 1. The Morgan fingerprint density at radius 3 is 2.60 bits per heavy atom. The molecule has 0 aromatic carbocycles. The van der Waals surface area contributed by atoms with E-state index in [2.05, 4.69) is 30.6 Å². The molecule has 0 aliphatic carbocycles. The van der Waals surface area contributed by atoms with Gasteiger partial charge in [0.15, 0.2) is 5.82 Å². The first-order chi connectivity index (χ1) is 14.3. The van der Waals surface area contributed by atoms with Crippen molar-refractivity contribution in [3.63, 3.8) is 0 Å². The van der Waals surface area contributed by atoms with E-state index in [1.54, 1.807) is 25.3 Å². The molecule has 1 N–H and O–H groups in total. The SMILES string of the molecule is Cc1c(C(=O)NC2=NN=C(c3ccccn3)C2)cnn1-c1ccc(C(F)(F)F)cn1. The van der Waals surface area contributed by atoms with E-state index >= 15 is 0 Å². The number of amides is 1. The number of carbonyl (C=O) groups is 1. The summed E-state index contributed by atoms with van der Waals surface area (Å²) in [5.41, 5.74) is 1.10. The number of amidine groups is 1. The topological polar surface area (TPSA) is 97.4 Å². The number of carbonyl (C=O) groups excluding carboxylic acids is 1. The molecule has 4 rings (SSSR count). The maximum absolute atomic E-state index is 12.7. The third-order valence-corrected chi connectivity index (χ3v) is 4.39. The van der Waals surface area contributed by atoms with Gasteiger partial charge in [-0.05, 0) is 31.2 Å². The number of nitrogens with zero attached hydrogens (tertiary/aromatic N) is 6. The Morgan fingerprint density at radius 2 is 1.93 bits per heavy atom. The van der Waals surface area contributed by atoms with Crippen molar-refractivity contribution in [3.8, 4) is 5.82 Å². The summed E-state index contributed by atoms with van der Waals surface area (Å²) in [6.45, 7) is 1.62. The molecule has 0 unspecified atom stereocenters. The maximum Gasteiger partial charge on any atom is 0.417 e. The first kappa shape index (κ1) is 19.4. The molecule has 0 saturated carbocycles. The van der Waals surface area contributed by atoms with Crippen LogP contribution in [0.3, 0.4) is 0 Å². The molecule has 0 atom stereocenters. The molecule has 0 radical (unpaired) electrons. The van der Waals surface area contributed by atoms with E-state index in [1.807, 2.05) is 6.07 Å². The minimum absolute atomic E-state index is 0.165. The molecular formula is C19H14F3N7O. The van der Waals surface area contributed by atoms with Crippen LogP contribution in [0.2, 0.25) is 0 Å². The Hall–Kier alpha value is -3.89. The summed E-state index contributed by atoms with van der Waals surface area (Å²) in [6.07, 6.45) is -0.480. The smallest absolute Gasteiger partial charge is 0.308 e. The molecule has 0 bridgehead atoms. The number of hydrogen-bond acceptors (Lipinski definition) is 6. The van der Waals surface area contributed by atoms with Gasteiger partial charge >= 0.3 is 6.18 Å². The van der Waals surface area contributed by atoms with Gasteiger partial charge in [0.05, 0.1) is 40.8 Å². The first-order valence-corrected chi connectivity index (χ1v) is 8.77. The second-order valence-electron chi connectivity index (χ2n) is 6.40. The Bertz CT molecular complexity index is 1150. The Balaban J connectivity index is 1.46. The van der Waals surface area contributed by atoms with E-state index in [4.69, 9.17) is 0 Å². The molecule has 8 nitrogen and oxygen atoms in total. The van der Waals surface area contributed by atoms with Crippen LogP contribution in [0.4, 0.5) is 13.2 Å². The second-order valence-corrected chi connectivity index (χ2v) is 6.40. The summed E-state index contributed by atoms with van der Waals surface area (Å²) in [7, 11) is 0. The highest BCUT2D eigenvalue weighted by Crippen LogP contribution is 2.28. The van der Waals surface area contributed by atoms with Crippen LogP contribution in [0.15, 0.2) is 59.1 Å². The molecule has 152 valence electrons. The average Bonchev–Trinajstić information content (AvgIpc) is 3.35. The zero-order chi connectivity index (χ0) is 21.3. The van der Waals surface area contributed by atoms with E-state index < -0.39 is 17.6 Å². The quantitative estimate of drug-likeness (QED) is 0.714. The number of nitrogens with one attached hydrogen (secondary N) is 1. The van der Waals surface area contributed by atoms with E-state index in [9.17, 15) is 18.0 Å². The zero-order valence-electron chi connectivity index (χ0n) is 15.6. The molecule has 4 heterocycles. The Morgan fingerprint density at radius 1 is 1.10 bits per heavy atom. The van der Waals surface area contributed by atoms with Gasteiger partial charge in [0.2, 0.25) is 0 Å². The highest BCUT2D eigenvalue weighted by molar-refractivity contribution is 6.18. The van der Waals surface area contributed by atoms with Gasteiger partial charge in [-0.15, -0.1) is 5.10 Å². The van der Waals surface area contributed by atoms with Crippen molar-refractivity contribution in [3.05, 3.63) is 71.4 Å². The number of rotatable bonds is 3.